The number of methoxy groups -OCH3 is 1. The fraction of sp³-hybridized carbons (Fsp3) is 0.762. The van der Waals surface area contributed by atoms with Gasteiger partial charge in [0.1, 0.15) is 11.4 Å². The molecule has 3 nitrogen and oxygen atoms in total. The lowest BCUT2D eigenvalue weighted by molar-refractivity contribution is -0.0877. The van der Waals surface area contributed by atoms with Gasteiger partial charge in [0.25, 0.3) is 0 Å². The van der Waals surface area contributed by atoms with E-state index >= 15 is 0 Å². The molecule has 0 aliphatic rings. The molecule has 0 radical (unpaired) electrons. The molecule has 0 bridgehead atoms. The average Bonchev–Trinajstić information content (AvgIpc) is 2.61. The summed E-state index contributed by atoms with van der Waals surface area (Å²) >= 11 is 0. The summed E-state index contributed by atoms with van der Waals surface area (Å²) in [5.74, 6) is -3.32. The van der Waals surface area contributed by atoms with Gasteiger partial charge in [-0.3, -0.25) is 0 Å². The highest BCUT2D eigenvalue weighted by molar-refractivity contribution is 5.95. The normalized spacial score (nSPS) is 15.7. The van der Waals surface area contributed by atoms with E-state index in [1.54, 1.807) is 20.8 Å². The van der Waals surface area contributed by atoms with Crippen LogP contribution in [-0.4, -0.2) is 31.7 Å². The minimum Gasteiger partial charge on any atom is -0.481 e. The SMILES string of the molecule is C/C=C(\C(=N/C(NCC(CCC)C(C)CC(F)(F)CC)=C(C)C)OC)C(F)(F)F. The van der Waals surface area contributed by atoms with E-state index in [0.717, 1.165) is 26.0 Å². The Hall–Kier alpha value is -1.60. The first-order valence-corrected chi connectivity index (χ1v) is 9.98. The molecule has 2 atom stereocenters. The van der Waals surface area contributed by atoms with Crippen molar-refractivity contribution in [1.29, 1.82) is 0 Å². The van der Waals surface area contributed by atoms with Crippen LogP contribution in [0.5, 0.6) is 0 Å². The second-order valence-corrected chi connectivity index (χ2v) is 7.49. The van der Waals surface area contributed by atoms with Gasteiger partial charge in [0.2, 0.25) is 11.8 Å². The van der Waals surface area contributed by atoms with Gasteiger partial charge in [-0.05, 0) is 44.6 Å². The zero-order valence-electron chi connectivity index (χ0n) is 18.5. The van der Waals surface area contributed by atoms with E-state index in [9.17, 15) is 22.0 Å². The molecule has 8 heteroatoms. The first kappa shape index (κ1) is 27.4. The molecule has 0 heterocycles. The summed E-state index contributed by atoms with van der Waals surface area (Å²) in [4.78, 5) is 4.04. The van der Waals surface area contributed by atoms with Crippen LogP contribution in [0.3, 0.4) is 0 Å². The van der Waals surface area contributed by atoms with Crippen LogP contribution in [0, 0.1) is 11.8 Å². The van der Waals surface area contributed by atoms with Crippen LogP contribution in [0.15, 0.2) is 28.0 Å². The largest absolute Gasteiger partial charge is 0.481 e. The Kier molecular flexibility index (Phi) is 11.5. The van der Waals surface area contributed by atoms with E-state index < -0.39 is 23.6 Å². The molecule has 1 N–H and O–H groups in total. The Bertz CT molecular complexity index is 590. The third-order valence-electron chi connectivity index (χ3n) is 4.84. The van der Waals surface area contributed by atoms with Gasteiger partial charge in [0, 0.05) is 19.4 Å². The summed E-state index contributed by atoms with van der Waals surface area (Å²) in [7, 11) is 1.13. The van der Waals surface area contributed by atoms with Gasteiger partial charge in [-0.1, -0.05) is 33.3 Å². The predicted octanol–water partition coefficient (Wildman–Crippen LogP) is 6.87. The fourth-order valence-corrected chi connectivity index (χ4v) is 3.02. The molecule has 0 aromatic heterocycles. The van der Waals surface area contributed by atoms with Crippen LogP contribution in [0.25, 0.3) is 0 Å². The Morgan fingerprint density at radius 3 is 2.10 bits per heavy atom. The minimum absolute atomic E-state index is 0.0585. The lowest BCUT2D eigenvalue weighted by Crippen LogP contribution is -2.31. The van der Waals surface area contributed by atoms with Gasteiger partial charge >= 0.3 is 6.18 Å². The maximum atomic E-state index is 13.8. The topological polar surface area (TPSA) is 33.6 Å². The van der Waals surface area contributed by atoms with Crippen LogP contribution in [-0.2, 0) is 4.74 Å². The van der Waals surface area contributed by atoms with Crippen LogP contribution in [0.1, 0.15) is 67.2 Å². The summed E-state index contributed by atoms with van der Waals surface area (Å²) in [5, 5.41) is 3.06. The van der Waals surface area contributed by atoms with Crippen molar-refractivity contribution in [2.75, 3.05) is 13.7 Å². The van der Waals surface area contributed by atoms with Crippen molar-refractivity contribution in [3.63, 3.8) is 0 Å². The van der Waals surface area contributed by atoms with E-state index in [-0.39, 0.29) is 30.5 Å². The summed E-state index contributed by atoms with van der Waals surface area (Å²) < 4.78 is 72.0. The molecule has 2 unspecified atom stereocenters. The Morgan fingerprint density at radius 2 is 1.72 bits per heavy atom. The number of aliphatic imine (C=N–C) groups is 1. The first-order valence-electron chi connectivity index (χ1n) is 9.98. The van der Waals surface area contributed by atoms with Crippen molar-refractivity contribution in [2.24, 2.45) is 16.8 Å². The van der Waals surface area contributed by atoms with Crippen molar-refractivity contribution in [1.82, 2.24) is 5.32 Å². The van der Waals surface area contributed by atoms with E-state index in [1.807, 2.05) is 6.92 Å². The number of ether oxygens (including phenoxy) is 1. The van der Waals surface area contributed by atoms with Gasteiger partial charge in [-0.15, -0.1) is 0 Å². The molecule has 0 aliphatic heterocycles. The van der Waals surface area contributed by atoms with Crippen molar-refractivity contribution in [3.8, 4) is 0 Å². The summed E-state index contributed by atoms with van der Waals surface area (Å²) in [6.07, 6.45) is -2.58. The van der Waals surface area contributed by atoms with Crippen LogP contribution in [0.2, 0.25) is 0 Å². The lowest BCUT2D eigenvalue weighted by Gasteiger charge is -2.28. The van der Waals surface area contributed by atoms with E-state index in [4.69, 9.17) is 4.74 Å². The van der Waals surface area contributed by atoms with Crippen molar-refractivity contribution >= 4 is 5.90 Å². The van der Waals surface area contributed by atoms with Crippen molar-refractivity contribution in [2.45, 2.75) is 79.3 Å². The third kappa shape index (κ3) is 9.63. The Labute approximate surface area is 171 Å². The summed E-state index contributed by atoms with van der Waals surface area (Å²) in [6.45, 7) is 10.3. The number of nitrogens with zero attached hydrogens (tertiary/aromatic N) is 1. The summed E-state index contributed by atoms with van der Waals surface area (Å²) in [6, 6.07) is 0. The Balaban J connectivity index is 5.55. The number of alkyl halides is 5. The number of allylic oxidation sites excluding steroid dienone is 2. The molecule has 0 aromatic carbocycles. The highest BCUT2D eigenvalue weighted by atomic mass is 19.4. The molecule has 170 valence electrons. The molecule has 0 rings (SSSR count). The maximum Gasteiger partial charge on any atom is 0.421 e. The third-order valence-corrected chi connectivity index (χ3v) is 4.84. The Morgan fingerprint density at radius 1 is 1.14 bits per heavy atom. The number of halogens is 5. The van der Waals surface area contributed by atoms with Crippen molar-refractivity contribution < 1.29 is 26.7 Å². The van der Waals surface area contributed by atoms with Crippen LogP contribution < -0.4 is 5.32 Å². The van der Waals surface area contributed by atoms with Crippen molar-refractivity contribution in [3.05, 3.63) is 23.0 Å². The monoisotopic (exact) mass is 426 g/mol. The maximum absolute atomic E-state index is 13.8. The fourth-order valence-electron chi connectivity index (χ4n) is 3.02. The average molecular weight is 427 g/mol. The molecule has 0 aliphatic carbocycles. The molecule has 29 heavy (non-hydrogen) atoms. The smallest absolute Gasteiger partial charge is 0.421 e. The molecule has 0 spiro atoms. The van der Waals surface area contributed by atoms with Gasteiger partial charge in [-0.2, -0.15) is 18.2 Å². The standard InChI is InChI=1S/C21H35F5N2O/c1-8-11-16(15(6)12-20(22,23)10-3)13-27-18(14(4)5)28-19(29-7)17(9-2)21(24,25)26/h9,15-16,27H,8,10-13H2,1-7H3/b17-9+,28-19+. The zero-order chi connectivity index (χ0) is 22.8. The van der Waals surface area contributed by atoms with Gasteiger partial charge in [-0.25, -0.2) is 8.78 Å². The zero-order valence-corrected chi connectivity index (χ0v) is 18.5. The van der Waals surface area contributed by atoms with Gasteiger partial charge in [0.15, 0.2) is 0 Å². The highest BCUT2D eigenvalue weighted by Crippen LogP contribution is 2.32. The molecule has 0 fully saturated rings. The molecule has 0 aromatic rings. The molecule has 0 saturated carbocycles. The van der Waals surface area contributed by atoms with E-state index in [2.05, 4.69) is 10.3 Å². The second-order valence-electron chi connectivity index (χ2n) is 7.49. The molecular formula is C21H35F5N2O. The van der Waals surface area contributed by atoms with E-state index in [0.29, 0.717) is 12.1 Å². The second kappa shape index (κ2) is 12.2. The molecule has 0 amide bonds. The van der Waals surface area contributed by atoms with Gasteiger partial charge in [0.05, 0.1) is 7.11 Å². The predicted molar refractivity (Wildman–Crippen MR) is 108 cm³/mol. The lowest BCUT2D eigenvalue weighted by atomic mass is 9.85. The quantitative estimate of drug-likeness (QED) is 0.222. The number of hydrogen-bond donors (Lipinski definition) is 1. The number of rotatable bonds is 11. The molecule has 0 saturated heterocycles. The first-order chi connectivity index (χ1) is 13.3. The van der Waals surface area contributed by atoms with Gasteiger partial charge < -0.3 is 10.1 Å². The molecular weight excluding hydrogens is 391 g/mol. The van der Waals surface area contributed by atoms with Crippen LogP contribution >= 0.6 is 0 Å². The number of nitrogens with one attached hydrogen (secondary N) is 1. The summed E-state index contributed by atoms with van der Waals surface area (Å²) in [5.41, 5.74) is -0.305. The number of hydrogen-bond acceptors (Lipinski definition) is 3. The van der Waals surface area contributed by atoms with Crippen LogP contribution in [0.4, 0.5) is 22.0 Å². The highest BCUT2D eigenvalue weighted by Gasteiger charge is 2.37. The minimum atomic E-state index is -4.60. The van der Waals surface area contributed by atoms with E-state index in [1.165, 1.54) is 13.8 Å².